The van der Waals surface area contributed by atoms with Crippen LogP contribution in [0.1, 0.15) is 41.5 Å². The SMILES string of the molecule is CCP(CC)CC.CCP(CC)CC.[Au+].[Cl-]. The molecular formula is C12H30AuClP2. The van der Waals surface area contributed by atoms with Gasteiger partial charge in [-0.25, -0.2) is 0 Å². The smallest absolute Gasteiger partial charge is 1.00 e. The first kappa shape index (κ1) is 26.5. The van der Waals surface area contributed by atoms with Crippen molar-refractivity contribution in [2.24, 2.45) is 0 Å². The van der Waals surface area contributed by atoms with E-state index in [4.69, 9.17) is 0 Å². The fourth-order valence-electron chi connectivity index (χ4n) is 1.34. The molecule has 0 aliphatic carbocycles. The average Bonchev–Trinajstić information content (AvgIpc) is 2.24. The Bertz CT molecular complexity index is 74.0. The van der Waals surface area contributed by atoms with E-state index in [2.05, 4.69) is 41.5 Å². The van der Waals surface area contributed by atoms with Gasteiger partial charge in [-0.15, -0.1) is 15.8 Å². The molecule has 0 radical (unpaired) electrons. The van der Waals surface area contributed by atoms with Crippen molar-refractivity contribution in [3.63, 3.8) is 0 Å². The molecule has 0 saturated carbocycles. The maximum absolute atomic E-state index is 2.29. The standard InChI is InChI=1S/2C6H15P.Au.ClH/c2*1-4-7(5-2)6-3;;/h2*4-6H2,1-3H3;;1H/q;;+1;/p-1. The number of hydrogen-bond donors (Lipinski definition) is 0. The van der Waals surface area contributed by atoms with Gasteiger partial charge in [0.05, 0.1) is 0 Å². The zero-order valence-electron chi connectivity index (χ0n) is 11.8. The van der Waals surface area contributed by atoms with E-state index < -0.39 is 0 Å². The molecule has 0 nitrogen and oxygen atoms in total. The third-order valence-corrected chi connectivity index (χ3v) is 8.05. The first-order valence-electron chi connectivity index (χ1n) is 6.14. The van der Waals surface area contributed by atoms with Crippen LogP contribution in [0.4, 0.5) is 0 Å². The monoisotopic (exact) mass is 468 g/mol. The molecule has 0 aromatic heterocycles. The fourth-order valence-corrected chi connectivity index (χ4v) is 4.02. The van der Waals surface area contributed by atoms with Gasteiger partial charge in [0, 0.05) is 0 Å². The van der Waals surface area contributed by atoms with Crippen LogP contribution in [-0.4, -0.2) is 37.0 Å². The Kier molecular flexibility index (Phi) is 36.5. The van der Waals surface area contributed by atoms with E-state index in [0.29, 0.717) is 15.8 Å². The van der Waals surface area contributed by atoms with E-state index in [1.165, 1.54) is 37.0 Å². The van der Waals surface area contributed by atoms with Crippen molar-refractivity contribution < 1.29 is 34.8 Å². The van der Waals surface area contributed by atoms with Crippen molar-refractivity contribution in [2.45, 2.75) is 41.5 Å². The summed E-state index contributed by atoms with van der Waals surface area (Å²) in [5, 5.41) is 0. The summed E-state index contributed by atoms with van der Waals surface area (Å²) in [6.45, 7) is 13.7. The van der Waals surface area contributed by atoms with Gasteiger partial charge in [0.2, 0.25) is 0 Å². The second-order valence-corrected chi connectivity index (χ2v) is 9.72. The molecule has 0 unspecified atom stereocenters. The maximum Gasteiger partial charge on any atom is 1.00 e. The van der Waals surface area contributed by atoms with E-state index in [-0.39, 0.29) is 34.8 Å². The van der Waals surface area contributed by atoms with Gasteiger partial charge < -0.3 is 12.4 Å². The predicted octanol–water partition coefficient (Wildman–Crippen LogP) is 2.06. The molecule has 16 heavy (non-hydrogen) atoms. The third-order valence-electron chi connectivity index (χ3n) is 2.68. The Morgan fingerprint density at radius 3 is 0.625 bits per heavy atom. The van der Waals surface area contributed by atoms with E-state index in [0.717, 1.165) is 0 Å². The maximum atomic E-state index is 2.29. The summed E-state index contributed by atoms with van der Waals surface area (Å²) in [5.74, 6) is 0. The summed E-state index contributed by atoms with van der Waals surface area (Å²) in [6.07, 6.45) is 8.51. The molecule has 0 amide bonds. The van der Waals surface area contributed by atoms with Crippen molar-refractivity contribution in [3.05, 3.63) is 0 Å². The molecule has 4 heteroatoms. The van der Waals surface area contributed by atoms with Gasteiger partial charge in [0.25, 0.3) is 0 Å². The van der Waals surface area contributed by atoms with Crippen LogP contribution in [0.15, 0.2) is 0 Å². The topological polar surface area (TPSA) is 0 Å². The predicted molar refractivity (Wildman–Crippen MR) is 77.1 cm³/mol. The average molecular weight is 469 g/mol. The van der Waals surface area contributed by atoms with Gasteiger partial charge >= 0.3 is 22.4 Å². The normalized spacial score (nSPS) is 9.00. The van der Waals surface area contributed by atoms with Crippen molar-refractivity contribution in [3.8, 4) is 0 Å². The third kappa shape index (κ3) is 18.3. The molecular weight excluding hydrogens is 438 g/mol. The van der Waals surface area contributed by atoms with Crippen LogP contribution in [0.25, 0.3) is 0 Å². The Labute approximate surface area is 129 Å². The molecule has 0 rings (SSSR count). The molecule has 0 aliphatic heterocycles. The van der Waals surface area contributed by atoms with Gasteiger partial charge in [-0.05, 0) is 37.0 Å². The zero-order chi connectivity index (χ0) is 11.4. The summed E-state index contributed by atoms with van der Waals surface area (Å²) in [7, 11) is 0.892. The van der Waals surface area contributed by atoms with E-state index in [1.807, 2.05) is 0 Å². The minimum Gasteiger partial charge on any atom is -1.00 e. The largest absolute Gasteiger partial charge is 1.00 e. The summed E-state index contributed by atoms with van der Waals surface area (Å²) in [5.41, 5.74) is 0. The molecule has 0 fully saturated rings. The molecule has 0 atom stereocenters. The molecule has 0 saturated heterocycles. The molecule has 0 aliphatic rings. The Hall–Kier alpha value is 1.89. The first-order valence-corrected chi connectivity index (χ1v) is 9.93. The molecule has 0 N–H and O–H groups in total. The van der Waals surface area contributed by atoms with Gasteiger partial charge in [-0.2, -0.15) is 0 Å². The van der Waals surface area contributed by atoms with Crippen LogP contribution in [0.5, 0.6) is 0 Å². The van der Waals surface area contributed by atoms with Crippen LogP contribution in [-0.2, 0) is 22.4 Å². The summed E-state index contributed by atoms with van der Waals surface area (Å²) in [6, 6.07) is 0. The Morgan fingerprint density at radius 2 is 0.625 bits per heavy atom. The van der Waals surface area contributed by atoms with Crippen LogP contribution in [0.2, 0.25) is 0 Å². The number of hydrogen-bond acceptors (Lipinski definition) is 0. The fraction of sp³-hybridized carbons (Fsp3) is 1.00. The minimum absolute atomic E-state index is 0. The van der Waals surface area contributed by atoms with Gasteiger partial charge in [-0.3, -0.25) is 0 Å². The van der Waals surface area contributed by atoms with Crippen LogP contribution in [0.3, 0.4) is 0 Å². The van der Waals surface area contributed by atoms with Crippen LogP contribution >= 0.6 is 15.8 Å². The Balaban J connectivity index is -0.0000000800. The summed E-state index contributed by atoms with van der Waals surface area (Å²) < 4.78 is 0. The zero-order valence-corrected chi connectivity index (χ0v) is 16.5. The molecule has 106 valence electrons. The number of rotatable bonds is 6. The molecule has 0 spiro atoms. The van der Waals surface area contributed by atoms with Gasteiger partial charge in [0.15, 0.2) is 0 Å². The van der Waals surface area contributed by atoms with Crippen LogP contribution in [0, 0.1) is 0 Å². The summed E-state index contributed by atoms with van der Waals surface area (Å²) in [4.78, 5) is 0. The first-order chi connectivity index (χ1) is 6.69. The van der Waals surface area contributed by atoms with Gasteiger partial charge in [-0.1, -0.05) is 41.5 Å². The molecule has 0 aromatic carbocycles. The second-order valence-electron chi connectivity index (χ2n) is 3.24. The van der Waals surface area contributed by atoms with Crippen molar-refractivity contribution in [1.29, 1.82) is 0 Å². The van der Waals surface area contributed by atoms with Gasteiger partial charge in [0.1, 0.15) is 0 Å². The molecule has 0 aromatic rings. The van der Waals surface area contributed by atoms with E-state index in [9.17, 15) is 0 Å². The number of halogens is 1. The molecule has 0 heterocycles. The Morgan fingerprint density at radius 1 is 0.500 bits per heavy atom. The summed E-state index contributed by atoms with van der Waals surface area (Å²) >= 11 is 0. The molecule has 0 bridgehead atoms. The van der Waals surface area contributed by atoms with Crippen molar-refractivity contribution in [1.82, 2.24) is 0 Å². The quantitative estimate of drug-likeness (QED) is 0.414. The van der Waals surface area contributed by atoms with E-state index >= 15 is 0 Å². The minimum atomic E-state index is 0. The second kappa shape index (κ2) is 22.1. The van der Waals surface area contributed by atoms with Crippen LogP contribution < -0.4 is 12.4 Å². The van der Waals surface area contributed by atoms with E-state index in [1.54, 1.807) is 0 Å². The van der Waals surface area contributed by atoms with Crippen molar-refractivity contribution in [2.75, 3.05) is 37.0 Å². The van der Waals surface area contributed by atoms with Crippen molar-refractivity contribution >= 4 is 15.8 Å².